The van der Waals surface area contributed by atoms with E-state index in [9.17, 15) is 9.90 Å². The Hall–Kier alpha value is -3.90. The number of para-hydroxylation sites is 1. The van der Waals surface area contributed by atoms with E-state index < -0.39 is 0 Å². The number of benzene rings is 3. The van der Waals surface area contributed by atoms with Crippen LogP contribution in [0.2, 0.25) is 0 Å². The molecule has 150 valence electrons. The number of aliphatic hydroxyl groups excluding tert-OH is 1. The molecule has 0 saturated carbocycles. The van der Waals surface area contributed by atoms with E-state index in [2.05, 4.69) is 10.4 Å². The van der Waals surface area contributed by atoms with E-state index >= 15 is 0 Å². The van der Waals surface area contributed by atoms with Gasteiger partial charge in [-0.2, -0.15) is 5.10 Å². The molecule has 2 N–H and O–H groups in total. The average Bonchev–Trinajstić information content (AvgIpc) is 3.26. The molecule has 0 aliphatic heterocycles. The number of amides is 1. The number of ether oxygens (including phenoxy) is 1. The first kappa shape index (κ1) is 19.4. The van der Waals surface area contributed by atoms with Crippen molar-refractivity contribution in [3.63, 3.8) is 0 Å². The molecule has 4 rings (SSSR count). The van der Waals surface area contributed by atoms with Crippen LogP contribution >= 0.6 is 0 Å². The average molecular weight is 399 g/mol. The molecule has 6 heteroatoms. The monoisotopic (exact) mass is 399 g/mol. The number of carbonyl (C=O) groups excluding carboxylic acids is 1. The fourth-order valence-corrected chi connectivity index (χ4v) is 3.18. The maximum Gasteiger partial charge on any atom is 0.259 e. The second-order valence-corrected chi connectivity index (χ2v) is 6.72. The number of anilines is 1. The molecule has 0 fully saturated rings. The number of hydrogen-bond acceptors (Lipinski definition) is 4. The minimum Gasteiger partial charge on any atom is -0.497 e. The number of carbonyl (C=O) groups is 1. The largest absolute Gasteiger partial charge is 0.497 e. The third-order valence-corrected chi connectivity index (χ3v) is 4.69. The summed E-state index contributed by atoms with van der Waals surface area (Å²) < 4.78 is 7.02. The van der Waals surface area contributed by atoms with Gasteiger partial charge in [0.1, 0.15) is 11.4 Å². The molecule has 1 amide bonds. The summed E-state index contributed by atoms with van der Waals surface area (Å²) >= 11 is 0. The van der Waals surface area contributed by atoms with Crippen LogP contribution in [-0.4, -0.2) is 27.9 Å². The molecule has 0 aliphatic carbocycles. The number of rotatable bonds is 6. The Balaban J connectivity index is 1.76. The fraction of sp³-hybridized carbons (Fsp3) is 0.0833. The zero-order chi connectivity index (χ0) is 20.9. The lowest BCUT2D eigenvalue weighted by Gasteiger charge is -2.07. The van der Waals surface area contributed by atoms with Gasteiger partial charge in [-0.15, -0.1) is 0 Å². The number of aliphatic hydroxyl groups is 1. The van der Waals surface area contributed by atoms with Crippen molar-refractivity contribution >= 4 is 11.6 Å². The van der Waals surface area contributed by atoms with E-state index in [-0.39, 0.29) is 12.5 Å². The molecule has 1 aromatic heterocycles. The number of nitrogens with one attached hydrogen (secondary N) is 1. The van der Waals surface area contributed by atoms with E-state index in [0.29, 0.717) is 22.7 Å². The van der Waals surface area contributed by atoms with Gasteiger partial charge in [0.25, 0.3) is 5.91 Å². The molecule has 0 atom stereocenters. The summed E-state index contributed by atoms with van der Waals surface area (Å²) in [5.74, 6) is 0.397. The van der Waals surface area contributed by atoms with Crippen LogP contribution in [0.25, 0.3) is 16.9 Å². The summed E-state index contributed by atoms with van der Waals surface area (Å²) in [4.78, 5) is 13.1. The van der Waals surface area contributed by atoms with E-state index in [1.165, 1.54) is 0 Å². The van der Waals surface area contributed by atoms with Gasteiger partial charge in [0, 0.05) is 17.4 Å². The lowest BCUT2D eigenvalue weighted by Crippen LogP contribution is -2.12. The highest BCUT2D eigenvalue weighted by Crippen LogP contribution is 2.27. The van der Waals surface area contributed by atoms with Gasteiger partial charge in [-0.25, -0.2) is 4.68 Å². The van der Waals surface area contributed by atoms with Gasteiger partial charge >= 0.3 is 0 Å². The van der Waals surface area contributed by atoms with Crippen molar-refractivity contribution in [3.8, 4) is 22.7 Å². The normalized spacial score (nSPS) is 10.6. The van der Waals surface area contributed by atoms with Crippen LogP contribution < -0.4 is 10.1 Å². The molecule has 0 unspecified atom stereocenters. The third kappa shape index (κ3) is 4.09. The first-order valence-corrected chi connectivity index (χ1v) is 9.48. The van der Waals surface area contributed by atoms with Crippen LogP contribution in [0.15, 0.2) is 85.1 Å². The van der Waals surface area contributed by atoms with Gasteiger partial charge in [0.15, 0.2) is 0 Å². The Morgan fingerprint density at radius 2 is 1.83 bits per heavy atom. The van der Waals surface area contributed by atoms with Gasteiger partial charge in [0.05, 0.1) is 25.0 Å². The molecule has 4 aromatic rings. The lowest BCUT2D eigenvalue weighted by atomic mass is 10.1. The van der Waals surface area contributed by atoms with Crippen molar-refractivity contribution in [2.24, 2.45) is 0 Å². The van der Waals surface area contributed by atoms with E-state index in [1.54, 1.807) is 42.3 Å². The summed E-state index contributed by atoms with van der Waals surface area (Å²) in [7, 11) is 1.60. The van der Waals surface area contributed by atoms with E-state index in [1.807, 2.05) is 54.6 Å². The van der Waals surface area contributed by atoms with Crippen molar-refractivity contribution in [2.45, 2.75) is 6.61 Å². The predicted molar refractivity (Wildman–Crippen MR) is 116 cm³/mol. The summed E-state index contributed by atoms with van der Waals surface area (Å²) in [6.45, 7) is -0.0925. The van der Waals surface area contributed by atoms with Crippen molar-refractivity contribution < 1.29 is 14.6 Å². The molecule has 1 heterocycles. The van der Waals surface area contributed by atoms with E-state index in [0.717, 1.165) is 16.8 Å². The Kier molecular flexibility index (Phi) is 5.59. The Labute approximate surface area is 174 Å². The van der Waals surface area contributed by atoms with Crippen molar-refractivity contribution in [1.29, 1.82) is 0 Å². The first-order chi connectivity index (χ1) is 14.7. The molecule has 0 saturated heterocycles. The SMILES string of the molecule is COc1cccc(-c2nn(-c3ccccc3)cc2C(=O)Nc2cccc(CO)c2)c1. The molecular formula is C24H21N3O3. The quantitative estimate of drug-likeness (QED) is 0.507. The first-order valence-electron chi connectivity index (χ1n) is 9.48. The third-order valence-electron chi connectivity index (χ3n) is 4.69. The van der Waals surface area contributed by atoms with Gasteiger partial charge in [-0.3, -0.25) is 4.79 Å². The fourth-order valence-electron chi connectivity index (χ4n) is 3.18. The smallest absolute Gasteiger partial charge is 0.259 e. The zero-order valence-electron chi connectivity index (χ0n) is 16.4. The van der Waals surface area contributed by atoms with Gasteiger partial charge in [0.2, 0.25) is 0 Å². The molecule has 0 aliphatic rings. The standard InChI is InChI=1S/C24H21N3O3/c1-30-21-12-6-8-18(14-21)23-22(15-27(26-23)20-10-3-2-4-11-20)24(29)25-19-9-5-7-17(13-19)16-28/h2-15,28H,16H2,1H3,(H,25,29). The van der Waals surface area contributed by atoms with Gasteiger partial charge in [-0.1, -0.05) is 42.5 Å². The minimum absolute atomic E-state index is 0.0925. The maximum atomic E-state index is 13.1. The highest BCUT2D eigenvalue weighted by Gasteiger charge is 2.19. The zero-order valence-corrected chi connectivity index (χ0v) is 16.4. The molecule has 0 spiro atoms. The Morgan fingerprint density at radius 3 is 2.60 bits per heavy atom. The van der Waals surface area contributed by atoms with Crippen molar-refractivity contribution in [3.05, 3.63) is 96.2 Å². The van der Waals surface area contributed by atoms with Gasteiger partial charge in [-0.05, 0) is 42.0 Å². The highest BCUT2D eigenvalue weighted by atomic mass is 16.5. The topological polar surface area (TPSA) is 76.4 Å². The van der Waals surface area contributed by atoms with Crippen LogP contribution in [0, 0.1) is 0 Å². The van der Waals surface area contributed by atoms with Crippen LogP contribution in [0.5, 0.6) is 5.75 Å². The van der Waals surface area contributed by atoms with Crippen LogP contribution in [-0.2, 0) is 6.61 Å². The maximum absolute atomic E-state index is 13.1. The molecule has 6 nitrogen and oxygen atoms in total. The second kappa shape index (κ2) is 8.63. The number of nitrogens with zero attached hydrogens (tertiary/aromatic N) is 2. The minimum atomic E-state index is -0.287. The molecule has 0 radical (unpaired) electrons. The molecular weight excluding hydrogens is 378 g/mol. The molecule has 3 aromatic carbocycles. The summed E-state index contributed by atoms with van der Waals surface area (Å²) in [6, 6.07) is 24.2. The van der Waals surface area contributed by atoms with Gasteiger partial charge < -0.3 is 15.2 Å². The Bertz CT molecular complexity index is 1170. The van der Waals surface area contributed by atoms with E-state index in [4.69, 9.17) is 4.74 Å². The molecule has 30 heavy (non-hydrogen) atoms. The summed E-state index contributed by atoms with van der Waals surface area (Å²) in [5, 5.41) is 16.9. The van der Waals surface area contributed by atoms with Crippen LogP contribution in [0.1, 0.15) is 15.9 Å². The molecule has 0 bridgehead atoms. The number of methoxy groups -OCH3 is 1. The van der Waals surface area contributed by atoms with Crippen molar-refractivity contribution in [1.82, 2.24) is 9.78 Å². The highest BCUT2D eigenvalue weighted by molar-refractivity contribution is 6.08. The summed E-state index contributed by atoms with van der Waals surface area (Å²) in [6.07, 6.45) is 1.72. The number of aromatic nitrogens is 2. The predicted octanol–water partition coefficient (Wildman–Crippen LogP) is 4.29. The summed E-state index contributed by atoms with van der Waals surface area (Å²) in [5.41, 5.74) is 3.94. The van der Waals surface area contributed by atoms with Crippen molar-refractivity contribution in [2.75, 3.05) is 12.4 Å². The number of hydrogen-bond donors (Lipinski definition) is 2. The lowest BCUT2D eigenvalue weighted by molar-refractivity contribution is 0.102. The van der Waals surface area contributed by atoms with Crippen LogP contribution in [0.4, 0.5) is 5.69 Å². The Morgan fingerprint density at radius 1 is 1.03 bits per heavy atom. The second-order valence-electron chi connectivity index (χ2n) is 6.72. The van der Waals surface area contributed by atoms with Crippen LogP contribution in [0.3, 0.4) is 0 Å².